The van der Waals surface area contributed by atoms with Gasteiger partial charge in [0.25, 0.3) is 0 Å². The van der Waals surface area contributed by atoms with Gasteiger partial charge in [0.15, 0.2) is 5.96 Å². The molecule has 0 unspecified atom stereocenters. The highest BCUT2D eigenvalue weighted by atomic mass is 16.5. The van der Waals surface area contributed by atoms with Crippen molar-refractivity contribution in [2.75, 3.05) is 13.2 Å². The van der Waals surface area contributed by atoms with Crippen LogP contribution in [0.15, 0.2) is 41.7 Å². The zero-order valence-electron chi connectivity index (χ0n) is 16.1. The number of rotatable bonds is 8. The fourth-order valence-electron chi connectivity index (χ4n) is 2.78. The third-order valence-electron chi connectivity index (χ3n) is 4.50. The van der Waals surface area contributed by atoms with Crippen LogP contribution >= 0.6 is 0 Å². The summed E-state index contributed by atoms with van der Waals surface area (Å²) in [5, 5.41) is 6.74. The van der Waals surface area contributed by atoms with Crippen molar-refractivity contribution >= 4 is 5.96 Å². The van der Waals surface area contributed by atoms with Crippen LogP contribution in [0.4, 0.5) is 0 Å². The van der Waals surface area contributed by atoms with E-state index in [0.29, 0.717) is 13.1 Å². The molecule has 0 saturated heterocycles. The molecule has 0 amide bonds. The van der Waals surface area contributed by atoms with Gasteiger partial charge in [0.1, 0.15) is 5.75 Å². The number of ether oxygens (including phenoxy) is 1. The summed E-state index contributed by atoms with van der Waals surface area (Å²) in [5.41, 5.74) is 3.60. The Morgan fingerprint density at radius 2 is 2.12 bits per heavy atom. The van der Waals surface area contributed by atoms with E-state index in [1.165, 1.54) is 29.5 Å². The van der Waals surface area contributed by atoms with Gasteiger partial charge in [0.05, 0.1) is 13.2 Å². The highest BCUT2D eigenvalue weighted by molar-refractivity contribution is 5.79. The van der Waals surface area contributed by atoms with E-state index in [-0.39, 0.29) is 0 Å². The summed E-state index contributed by atoms with van der Waals surface area (Å²) in [4.78, 5) is 4.68. The van der Waals surface area contributed by atoms with E-state index < -0.39 is 0 Å². The summed E-state index contributed by atoms with van der Waals surface area (Å²) in [5.74, 6) is 2.56. The topological polar surface area (TPSA) is 50.6 Å². The molecule has 5 heteroatoms. The second-order valence-electron chi connectivity index (χ2n) is 7.10. The van der Waals surface area contributed by atoms with Crippen LogP contribution < -0.4 is 15.4 Å². The maximum atomic E-state index is 6.06. The van der Waals surface area contributed by atoms with E-state index >= 15 is 0 Å². The van der Waals surface area contributed by atoms with Crippen molar-refractivity contribution in [3.63, 3.8) is 0 Å². The Morgan fingerprint density at radius 1 is 1.27 bits per heavy atom. The Bertz CT molecular complexity index is 746. The number of hydrogen-bond acceptors (Lipinski definition) is 2. The first-order valence-electron chi connectivity index (χ1n) is 9.49. The molecule has 1 aliphatic carbocycles. The monoisotopic (exact) mass is 354 g/mol. The number of nitrogens with zero attached hydrogens (tertiary/aromatic N) is 2. The molecular weight excluding hydrogens is 324 g/mol. The van der Waals surface area contributed by atoms with Gasteiger partial charge in [-0.25, -0.2) is 4.99 Å². The summed E-state index contributed by atoms with van der Waals surface area (Å²) < 4.78 is 8.11. The van der Waals surface area contributed by atoms with Crippen LogP contribution in [0.3, 0.4) is 0 Å². The lowest BCUT2D eigenvalue weighted by Crippen LogP contribution is -2.36. The fourth-order valence-corrected chi connectivity index (χ4v) is 2.78. The van der Waals surface area contributed by atoms with Crippen molar-refractivity contribution in [3.8, 4) is 5.75 Å². The van der Waals surface area contributed by atoms with Gasteiger partial charge >= 0.3 is 0 Å². The Balaban J connectivity index is 1.62. The third kappa shape index (κ3) is 5.55. The van der Waals surface area contributed by atoms with E-state index in [1.54, 1.807) is 0 Å². The molecule has 2 N–H and O–H groups in total. The van der Waals surface area contributed by atoms with Crippen molar-refractivity contribution in [3.05, 3.63) is 53.3 Å². The maximum absolute atomic E-state index is 6.06. The lowest BCUT2D eigenvalue weighted by atomic mass is 10.1. The second kappa shape index (κ2) is 8.79. The van der Waals surface area contributed by atoms with Gasteiger partial charge in [-0.05, 0) is 55.9 Å². The summed E-state index contributed by atoms with van der Waals surface area (Å²) in [7, 11) is 2.03. The normalized spacial score (nSPS) is 14.3. The number of aliphatic imine (C=N–C) groups is 1. The minimum Gasteiger partial charge on any atom is -0.493 e. The number of guanidine groups is 1. The van der Waals surface area contributed by atoms with Gasteiger partial charge in [-0.2, -0.15) is 0 Å². The van der Waals surface area contributed by atoms with E-state index in [9.17, 15) is 0 Å². The molecule has 1 aliphatic rings. The average Bonchev–Trinajstić information content (AvgIpc) is 3.37. The molecule has 1 fully saturated rings. The standard InChI is InChI=1S/C21H30N4O/c1-4-22-21(23-12-18-9-10-25(3)14-18)24-13-19-8-5-16(2)11-20(19)26-15-17-6-7-17/h5,8-11,14,17H,4,6-7,12-13,15H2,1-3H3,(H2,22,23,24). The second-order valence-corrected chi connectivity index (χ2v) is 7.10. The van der Waals surface area contributed by atoms with Crippen LogP contribution in [0.1, 0.15) is 36.5 Å². The summed E-state index contributed by atoms with van der Waals surface area (Å²) in [6.45, 7) is 7.20. The molecule has 5 nitrogen and oxygen atoms in total. The Hall–Kier alpha value is -2.43. The highest BCUT2D eigenvalue weighted by Crippen LogP contribution is 2.30. The highest BCUT2D eigenvalue weighted by Gasteiger charge is 2.22. The third-order valence-corrected chi connectivity index (χ3v) is 4.50. The van der Waals surface area contributed by atoms with Gasteiger partial charge in [-0.3, -0.25) is 0 Å². The zero-order chi connectivity index (χ0) is 18.4. The molecular formula is C21H30N4O. The summed E-state index contributed by atoms with van der Waals surface area (Å²) in [6, 6.07) is 8.50. The molecule has 0 atom stereocenters. The SMILES string of the molecule is CCNC(=NCc1ccn(C)c1)NCc1ccc(C)cc1OCC1CC1. The van der Waals surface area contributed by atoms with Crippen LogP contribution in [0.2, 0.25) is 0 Å². The predicted molar refractivity (Wildman–Crippen MR) is 106 cm³/mol. The largest absolute Gasteiger partial charge is 0.493 e. The van der Waals surface area contributed by atoms with E-state index in [0.717, 1.165) is 30.8 Å². The van der Waals surface area contributed by atoms with Gasteiger partial charge < -0.3 is 19.9 Å². The van der Waals surface area contributed by atoms with Crippen LogP contribution in [-0.2, 0) is 20.1 Å². The van der Waals surface area contributed by atoms with Crippen LogP contribution in [0, 0.1) is 12.8 Å². The molecule has 1 aromatic heterocycles. The Labute approximate surface area is 156 Å². The Morgan fingerprint density at radius 3 is 2.81 bits per heavy atom. The summed E-state index contributed by atoms with van der Waals surface area (Å²) >= 11 is 0. The predicted octanol–water partition coefficient (Wildman–Crippen LogP) is 3.38. The summed E-state index contributed by atoms with van der Waals surface area (Å²) in [6.07, 6.45) is 6.74. The van der Waals surface area contributed by atoms with Gasteiger partial charge in [-0.15, -0.1) is 0 Å². The van der Waals surface area contributed by atoms with Gasteiger partial charge in [0, 0.05) is 38.1 Å². The first-order chi connectivity index (χ1) is 12.6. The van der Waals surface area contributed by atoms with Crippen molar-refractivity contribution in [2.45, 2.75) is 39.8 Å². The van der Waals surface area contributed by atoms with E-state index in [2.05, 4.69) is 59.9 Å². The molecule has 0 aliphatic heterocycles. The van der Waals surface area contributed by atoms with Gasteiger partial charge in [-0.1, -0.05) is 12.1 Å². The number of benzene rings is 1. The number of hydrogen-bond donors (Lipinski definition) is 2. The van der Waals surface area contributed by atoms with E-state index in [1.807, 2.05) is 17.8 Å². The van der Waals surface area contributed by atoms with Gasteiger partial charge in [0.2, 0.25) is 0 Å². The van der Waals surface area contributed by atoms with Crippen molar-refractivity contribution < 1.29 is 4.74 Å². The van der Waals surface area contributed by atoms with Crippen LogP contribution in [0.5, 0.6) is 5.75 Å². The van der Waals surface area contributed by atoms with E-state index in [4.69, 9.17) is 4.74 Å². The fraction of sp³-hybridized carbons (Fsp3) is 0.476. The molecule has 1 heterocycles. The van der Waals surface area contributed by atoms with Crippen molar-refractivity contribution in [1.29, 1.82) is 0 Å². The molecule has 0 spiro atoms. The quantitative estimate of drug-likeness (QED) is 0.564. The minimum atomic E-state index is 0.662. The molecule has 0 bridgehead atoms. The number of nitrogens with one attached hydrogen (secondary N) is 2. The molecule has 26 heavy (non-hydrogen) atoms. The van der Waals surface area contributed by atoms with Crippen molar-refractivity contribution in [1.82, 2.24) is 15.2 Å². The molecule has 1 aromatic carbocycles. The zero-order valence-corrected chi connectivity index (χ0v) is 16.1. The maximum Gasteiger partial charge on any atom is 0.191 e. The molecule has 3 rings (SSSR count). The Kier molecular flexibility index (Phi) is 6.21. The average molecular weight is 354 g/mol. The first-order valence-corrected chi connectivity index (χ1v) is 9.49. The van der Waals surface area contributed by atoms with Crippen LogP contribution in [0.25, 0.3) is 0 Å². The number of aryl methyl sites for hydroxylation is 2. The lowest BCUT2D eigenvalue weighted by Gasteiger charge is -2.15. The molecule has 1 saturated carbocycles. The first kappa shape index (κ1) is 18.4. The molecule has 2 aromatic rings. The molecule has 0 radical (unpaired) electrons. The minimum absolute atomic E-state index is 0.662. The smallest absolute Gasteiger partial charge is 0.191 e. The lowest BCUT2D eigenvalue weighted by molar-refractivity contribution is 0.296. The number of aromatic nitrogens is 1. The molecule has 140 valence electrons. The van der Waals surface area contributed by atoms with Crippen molar-refractivity contribution in [2.24, 2.45) is 18.0 Å². The van der Waals surface area contributed by atoms with Crippen LogP contribution in [-0.4, -0.2) is 23.7 Å².